The highest BCUT2D eigenvalue weighted by molar-refractivity contribution is 8.05. The van der Waals surface area contributed by atoms with E-state index in [0.29, 0.717) is 32.0 Å². The summed E-state index contributed by atoms with van der Waals surface area (Å²) in [5, 5.41) is 13.4. The molecule has 3 aromatic carbocycles. The van der Waals surface area contributed by atoms with Gasteiger partial charge in [-0.05, 0) is 78.7 Å². The number of rotatable bonds is 5. The van der Waals surface area contributed by atoms with E-state index in [9.17, 15) is 19.2 Å². The second-order valence-corrected chi connectivity index (χ2v) is 9.92. The standard InChI is InChI=1S/C25H15Cl3FN3O2S/c26-15-1-8-19(9-2-15)32-24(34)22(12-14-11-16(27)3-10-21(14)28)35-25(32)20(13-30)23(33)31-18-6-4-17(29)5-7-18/h1-11,22H,12H2,(H,31,33)/b25-20+/t22-/m0/s1. The molecule has 1 atom stereocenters. The second kappa shape index (κ2) is 10.7. The first-order valence-electron chi connectivity index (χ1n) is 10.2. The number of benzene rings is 3. The van der Waals surface area contributed by atoms with Crippen LogP contribution in [0, 0.1) is 17.1 Å². The van der Waals surface area contributed by atoms with Crippen molar-refractivity contribution in [2.75, 3.05) is 10.2 Å². The number of carbonyl (C=O) groups is 2. The first-order chi connectivity index (χ1) is 16.8. The van der Waals surface area contributed by atoms with E-state index in [1.54, 1.807) is 42.5 Å². The van der Waals surface area contributed by atoms with Gasteiger partial charge in [0, 0.05) is 26.4 Å². The molecule has 10 heteroatoms. The van der Waals surface area contributed by atoms with Crippen molar-refractivity contribution in [3.8, 4) is 6.07 Å². The molecule has 4 rings (SSSR count). The van der Waals surface area contributed by atoms with E-state index in [-0.39, 0.29) is 22.9 Å². The van der Waals surface area contributed by atoms with Crippen molar-refractivity contribution in [2.24, 2.45) is 0 Å². The number of thioether (sulfide) groups is 1. The highest BCUT2D eigenvalue weighted by Gasteiger charge is 2.41. The summed E-state index contributed by atoms with van der Waals surface area (Å²) < 4.78 is 13.2. The van der Waals surface area contributed by atoms with E-state index in [2.05, 4.69) is 5.32 Å². The van der Waals surface area contributed by atoms with Crippen molar-refractivity contribution >= 4 is 69.8 Å². The smallest absolute Gasteiger partial charge is 0.269 e. The molecular formula is C25H15Cl3FN3O2S. The van der Waals surface area contributed by atoms with Crippen LogP contribution in [0.3, 0.4) is 0 Å². The zero-order valence-corrected chi connectivity index (χ0v) is 20.9. The lowest BCUT2D eigenvalue weighted by molar-refractivity contribution is -0.117. The summed E-state index contributed by atoms with van der Waals surface area (Å²) >= 11 is 19.5. The van der Waals surface area contributed by atoms with Gasteiger partial charge in [0.15, 0.2) is 0 Å². The minimum absolute atomic E-state index is 0.169. The average Bonchev–Trinajstić information content (AvgIpc) is 3.14. The van der Waals surface area contributed by atoms with Crippen LogP contribution >= 0.6 is 46.6 Å². The first-order valence-corrected chi connectivity index (χ1v) is 12.2. The van der Waals surface area contributed by atoms with Crippen LogP contribution in [0.1, 0.15) is 5.56 Å². The largest absolute Gasteiger partial charge is 0.321 e. The Bertz CT molecular complexity index is 1370. The first kappa shape index (κ1) is 25.1. The third-order valence-corrected chi connectivity index (χ3v) is 7.22. The molecule has 1 aliphatic heterocycles. The zero-order valence-electron chi connectivity index (χ0n) is 17.8. The van der Waals surface area contributed by atoms with Crippen molar-refractivity contribution in [2.45, 2.75) is 11.7 Å². The van der Waals surface area contributed by atoms with Crippen LogP contribution in [0.5, 0.6) is 0 Å². The van der Waals surface area contributed by atoms with Crippen LogP contribution in [-0.2, 0) is 16.0 Å². The molecule has 0 radical (unpaired) electrons. The van der Waals surface area contributed by atoms with Crippen molar-refractivity contribution < 1.29 is 14.0 Å². The van der Waals surface area contributed by atoms with Crippen molar-refractivity contribution in [3.63, 3.8) is 0 Å². The summed E-state index contributed by atoms with van der Waals surface area (Å²) in [6.07, 6.45) is 0.231. The lowest BCUT2D eigenvalue weighted by atomic mass is 10.1. The van der Waals surface area contributed by atoms with Crippen LogP contribution < -0.4 is 10.2 Å². The van der Waals surface area contributed by atoms with Gasteiger partial charge in [-0.2, -0.15) is 5.26 Å². The van der Waals surface area contributed by atoms with E-state index in [0.717, 1.165) is 11.8 Å². The maximum Gasteiger partial charge on any atom is 0.269 e. The van der Waals surface area contributed by atoms with Gasteiger partial charge in [0.2, 0.25) is 5.91 Å². The molecule has 1 N–H and O–H groups in total. The molecule has 1 fully saturated rings. The number of nitrogens with zero attached hydrogens (tertiary/aromatic N) is 2. The van der Waals surface area contributed by atoms with Gasteiger partial charge in [-0.25, -0.2) is 4.39 Å². The minimum Gasteiger partial charge on any atom is -0.321 e. The van der Waals surface area contributed by atoms with E-state index < -0.39 is 17.0 Å². The fraction of sp³-hybridized carbons (Fsp3) is 0.0800. The predicted octanol–water partition coefficient (Wildman–Crippen LogP) is 6.85. The summed E-state index contributed by atoms with van der Waals surface area (Å²) in [7, 11) is 0. The van der Waals surface area contributed by atoms with Crippen LogP contribution in [0.25, 0.3) is 0 Å². The SMILES string of the molecule is N#C/C(C(=O)Nc1ccc(F)cc1)=C1\S[C@@H](Cc2cc(Cl)ccc2Cl)C(=O)N1c1ccc(Cl)cc1. The number of hydrogen-bond acceptors (Lipinski definition) is 4. The molecule has 1 aliphatic rings. The predicted molar refractivity (Wildman–Crippen MR) is 138 cm³/mol. The van der Waals surface area contributed by atoms with Crippen LogP contribution in [0.15, 0.2) is 77.3 Å². The number of hydrogen-bond donors (Lipinski definition) is 1. The Morgan fingerprint density at radius 1 is 1.03 bits per heavy atom. The molecule has 2 amide bonds. The fourth-order valence-corrected chi connectivity index (χ4v) is 5.25. The average molecular weight is 547 g/mol. The van der Waals surface area contributed by atoms with Gasteiger partial charge in [0.25, 0.3) is 5.91 Å². The third-order valence-electron chi connectivity index (χ3n) is 5.11. The number of nitriles is 1. The van der Waals surface area contributed by atoms with Gasteiger partial charge in [0.05, 0.1) is 5.25 Å². The van der Waals surface area contributed by atoms with E-state index >= 15 is 0 Å². The Morgan fingerprint density at radius 3 is 2.34 bits per heavy atom. The number of anilines is 2. The van der Waals surface area contributed by atoms with Gasteiger partial charge in [-0.3, -0.25) is 14.5 Å². The summed E-state index contributed by atoms with van der Waals surface area (Å²) in [6.45, 7) is 0. The van der Waals surface area contributed by atoms with Gasteiger partial charge in [0.1, 0.15) is 22.5 Å². The lowest BCUT2D eigenvalue weighted by Gasteiger charge is -2.19. The molecule has 5 nitrogen and oxygen atoms in total. The Balaban J connectivity index is 1.73. The Hall–Kier alpha value is -3.02. The second-order valence-electron chi connectivity index (χ2n) is 7.45. The van der Waals surface area contributed by atoms with Gasteiger partial charge >= 0.3 is 0 Å². The lowest BCUT2D eigenvalue weighted by Crippen LogP contribution is -2.31. The Kier molecular flexibility index (Phi) is 7.68. The molecule has 3 aromatic rings. The molecule has 35 heavy (non-hydrogen) atoms. The molecule has 1 heterocycles. The highest BCUT2D eigenvalue weighted by atomic mass is 35.5. The molecule has 0 aromatic heterocycles. The van der Waals surface area contributed by atoms with Crippen molar-refractivity contribution in [1.82, 2.24) is 0 Å². The van der Waals surface area contributed by atoms with Crippen LogP contribution in [0.2, 0.25) is 15.1 Å². The topological polar surface area (TPSA) is 73.2 Å². The molecule has 0 unspecified atom stereocenters. The summed E-state index contributed by atoms with van der Waals surface area (Å²) in [5.41, 5.74) is 1.15. The van der Waals surface area contributed by atoms with Crippen molar-refractivity contribution in [1.29, 1.82) is 5.26 Å². The Morgan fingerprint density at radius 2 is 1.69 bits per heavy atom. The quantitative estimate of drug-likeness (QED) is 0.281. The van der Waals surface area contributed by atoms with E-state index in [1.807, 2.05) is 6.07 Å². The van der Waals surface area contributed by atoms with E-state index in [1.165, 1.54) is 29.2 Å². The van der Waals surface area contributed by atoms with Crippen molar-refractivity contribution in [3.05, 3.63) is 104 Å². The van der Waals surface area contributed by atoms with Gasteiger partial charge in [-0.1, -0.05) is 46.6 Å². The maximum atomic E-state index is 13.5. The molecule has 1 saturated heterocycles. The van der Waals surface area contributed by atoms with Gasteiger partial charge < -0.3 is 5.32 Å². The summed E-state index contributed by atoms with van der Waals surface area (Å²) in [6, 6.07) is 18.5. The number of halogens is 4. The monoisotopic (exact) mass is 545 g/mol. The van der Waals surface area contributed by atoms with Crippen LogP contribution in [-0.4, -0.2) is 17.1 Å². The minimum atomic E-state index is -0.727. The highest BCUT2D eigenvalue weighted by Crippen LogP contribution is 2.43. The maximum absolute atomic E-state index is 13.5. The van der Waals surface area contributed by atoms with Crippen LogP contribution in [0.4, 0.5) is 15.8 Å². The molecule has 0 aliphatic carbocycles. The number of amides is 2. The summed E-state index contributed by atoms with van der Waals surface area (Å²) in [5.74, 6) is -1.52. The normalized spacial score (nSPS) is 16.7. The molecule has 0 saturated carbocycles. The summed E-state index contributed by atoms with van der Waals surface area (Å²) in [4.78, 5) is 27.9. The fourth-order valence-electron chi connectivity index (χ4n) is 3.44. The van der Waals surface area contributed by atoms with Gasteiger partial charge in [-0.15, -0.1) is 0 Å². The molecule has 176 valence electrons. The number of nitrogens with one attached hydrogen (secondary N) is 1. The Labute approximate surface area is 220 Å². The molecular weight excluding hydrogens is 532 g/mol. The molecule has 0 bridgehead atoms. The van der Waals surface area contributed by atoms with E-state index in [4.69, 9.17) is 34.8 Å². The zero-order chi connectivity index (χ0) is 25.1. The third kappa shape index (κ3) is 5.63. The number of carbonyl (C=O) groups excluding carboxylic acids is 2. The molecule has 0 spiro atoms.